The Hall–Kier alpha value is -4.39. The van der Waals surface area contributed by atoms with E-state index in [1.165, 1.54) is 22.3 Å². The van der Waals surface area contributed by atoms with E-state index < -0.39 is 5.41 Å². The Balaban J connectivity index is 0.00000118. The van der Waals surface area contributed by atoms with Crippen LogP contribution in [0, 0.1) is 12.1 Å². The number of rotatable bonds is 0. The Morgan fingerprint density at radius 2 is 0.881 bits per heavy atom. The predicted molar refractivity (Wildman–Crippen MR) is 170 cm³/mol. The number of hydrogen-bond acceptors (Lipinski definition) is 2. The molecule has 3 heterocycles. The molecule has 1 aliphatic heterocycles. The molecule has 0 radical (unpaired) electrons. The second-order valence-electron chi connectivity index (χ2n) is 10.0. The Bertz CT molecular complexity index is 1800. The second-order valence-corrected chi connectivity index (χ2v) is 10.0. The molecule has 3 heteroatoms. The zero-order chi connectivity index (χ0) is 25.8. The van der Waals surface area contributed by atoms with Crippen molar-refractivity contribution in [2.24, 2.45) is 0 Å². The van der Waals surface area contributed by atoms with Gasteiger partial charge in [-0.25, -0.2) is 0 Å². The molecule has 2 aliphatic rings. The molecule has 0 atom stereocenters. The molecule has 2 nitrogen and oxygen atoms in total. The summed E-state index contributed by atoms with van der Waals surface area (Å²) in [5.74, 6) is 0. The Labute approximate surface area is 263 Å². The molecule has 42 heavy (non-hydrogen) atoms. The molecule has 1 aliphatic carbocycles. The zero-order valence-electron chi connectivity index (χ0n) is 21.4. The third-order valence-electron chi connectivity index (χ3n) is 7.85. The van der Waals surface area contributed by atoms with Crippen LogP contribution in [0.4, 0.5) is 0 Å². The van der Waals surface area contributed by atoms with Gasteiger partial charge in [-0.1, -0.05) is 98.8 Å². The van der Waals surface area contributed by atoms with E-state index in [2.05, 4.69) is 146 Å². The molecule has 8 rings (SSSR count). The van der Waals surface area contributed by atoms with Gasteiger partial charge in [-0.15, -0.1) is 59.7 Å². The van der Waals surface area contributed by atoms with E-state index in [-0.39, 0.29) is 35.9 Å². The molecule has 0 saturated heterocycles. The van der Waals surface area contributed by atoms with Gasteiger partial charge in [-0.05, 0) is 34.4 Å². The van der Waals surface area contributed by atoms with E-state index >= 15 is 0 Å². The summed E-state index contributed by atoms with van der Waals surface area (Å²) in [6, 6.07) is 49.6. The standard InChI is InChI=1S/C37H22N2.2CH4.Pt/c1-3-15-31-29(13-1)30-14-2-4-16-32(30)37(31)35-19-7-17-33(38-35)27-11-5-9-25(23-27)21-22-26-10-6-12-28(24-26)34-18-8-20-36(37)39-34;;;/h1-22H;2*1H4;/q-2;;;+2. The zero-order valence-corrected chi connectivity index (χ0v) is 23.7. The van der Waals surface area contributed by atoms with Crippen molar-refractivity contribution in [3.63, 3.8) is 0 Å². The first kappa shape index (κ1) is 29.1. The van der Waals surface area contributed by atoms with Crippen LogP contribution < -0.4 is 0 Å². The quantitative estimate of drug-likeness (QED) is 0.146. The first-order chi connectivity index (χ1) is 19.3. The fourth-order valence-electron chi connectivity index (χ4n) is 6.15. The smallest absolute Gasteiger partial charge is 0.290 e. The number of hydrogen-bond donors (Lipinski definition) is 0. The van der Waals surface area contributed by atoms with Crippen LogP contribution in [0.25, 0.3) is 45.8 Å². The van der Waals surface area contributed by atoms with Crippen LogP contribution in [0.5, 0.6) is 0 Å². The number of pyridine rings is 2. The monoisotopic (exact) mass is 721 g/mol. The Morgan fingerprint density at radius 1 is 0.452 bits per heavy atom. The van der Waals surface area contributed by atoms with Gasteiger partial charge in [0, 0.05) is 11.4 Å². The van der Waals surface area contributed by atoms with Crippen LogP contribution in [-0.2, 0) is 26.5 Å². The normalized spacial score (nSPS) is 12.8. The van der Waals surface area contributed by atoms with Crippen molar-refractivity contribution >= 4 is 12.2 Å². The largest absolute Gasteiger partial charge is 2.00 e. The van der Waals surface area contributed by atoms with Crippen LogP contribution >= 0.6 is 0 Å². The molecular formula is C39H30N2Pt. The summed E-state index contributed by atoms with van der Waals surface area (Å²) in [6.07, 6.45) is 4.16. The third kappa shape index (κ3) is 4.39. The first-order valence-electron chi connectivity index (χ1n) is 13.2. The van der Waals surface area contributed by atoms with Crippen molar-refractivity contribution in [3.05, 3.63) is 167 Å². The summed E-state index contributed by atoms with van der Waals surface area (Å²) in [5, 5.41) is 0. The van der Waals surface area contributed by atoms with E-state index in [1.807, 2.05) is 0 Å². The van der Waals surface area contributed by atoms with Crippen LogP contribution in [-0.4, -0.2) is 9.97 Å². The summed E-state index contributed by atoms with van der Waals surface area (Å²) in [5.41, 5.74) is 11.8. The minimum atomic E-state index is -0.674. The maximum Gasteiger partial charge on any atom is 2.00 e. The van der Waals surface area contributed by atoms with Crippen molar-refractivity contribution in [1.29, 1.82) is 0 Å². The number of fused-ring (bicyclic) bond motifs is 17. The van der Waals surface area contributed by atoms with Gasteiger partial charge in [0.2, 0.25) is 0 Å². The van der Waals surface area contributed by atoms with Crippen LogP contribution in [0.3, 0.4) is 0 Å². The van der Waals surface area contributed by atoms with Crippen LogP contribution in [0.15, 0.2) is 121 Å². The molecule has 0 saturated carbocycles. The fourth-order valence-corrected chi connectivity index (χ4v) is 6.15. The van der Waals surface area contributed by atoms with Crippen molar-refractivity contribution in [3.8, 4) is 33.6 Å². The van der Waals surface area contributed by atoms with E-state index in [4.69, 9.17) is 9.97 Å². The molecule has 8 bridgehead atoms. The van der Waals surface area contributed by atoms with E-state index in [0.717, 1.165) is 45.0 Å². The van der Waals surface area contributed by atoms with Gasteiger partial charge < -0.3 is 0 Å². The van der Waals surface area contributed by atoms with Gasteiger partial charge in [0.15, 0.2) is 0 Å². The average Bonchev–Trinajstić information content (AvgIpc) is 3.31. The van der Waals surface area contributed by atoms with Crippen molar-refractivity contribution in [1.82, 2.24) is 9.97 Å². The molecule has 0 fully saturated rings. The summed E-state index contributed by atoms with van der Waals surface area (Å²) >= 11 is 0. The first-order valence-corrected chi connectivity index (χ1v) is 13.2. The summed E-state index contributed by atoms with van der Waals surface area (Å²) in [7, 11) is 0. The van der Waals surface area contributed by atoms with E-state index in [9.17, 15) is 0 Å². The van der Waals surface area contributed by atoms with Gasteiger partial charge in [-0.3, -0.25) is 9.97 Å². The SMILES string of the molecule is C.C.[Pt+2].[c-]1c2cccc1-c1cccc(n1)C1(c3cccc(n3)-c3[c-]c(ccc3)C=C2)c2ccccc2-c2ccccc21. The van der Waals surface area contributed by atoms with Gasteiger partial charge in [0.05, 0.1) is 11.4 Å². The maximum absolute atomic E-state index is 5.37. The molecular weight excluding hydrogens is 692 g/mol. The molecule has 0 unspecified atom stereocenters. The average molecular weight is 722 g/mol. The number of aromatic nitrogens is 2. The number of benzene rings is 4. The second kappa shape index (κ2) is 11.5. The minimum absolute atomic E-state index is 0. The number of nitrogens with zero attached hydrogens (tertiary/aromatic N) is 2. The third-order valence-corrected chi connectivity index (χ3v) is 7.85. The molecule has 4 aromatic carbocycles. The van der Waals surface area contributed by atoms with Gasteiger partial charge in [0.1, 0.15) is 5.41 Å². The van der Waals surface area contributed by atoms with Crippen LogP contribution in [0.2, 0.25) is 0 Å². The maximum atomic E-state index is 5.37. The summed E-state index contributed by atoms with van der Waals surface area (Å²) in [6.45, 7) is 0. The summed E-state index contributed by atoms with van der Waals surface area (Å²) in [4.78, 5) is 10.7. The van der Waals surface area contributed by atoms with Gasteiger partial charge >= 0.3 is 21.1 Å². The minimum Gasteiger partial charge on any atom is -0.290 e. The molecule has 6 aromatic rings. The topological polar surface area (TPSA) is 25.8 Å². The molecule has 0 amide bonds. The van der Waals surface area contributed by atoms with Crippen molar-refractivity contribution < 1.29 is 21.1 Å². The molecule has 1 spiro atoms. The van der Waals surface area contributed by atoms with Crippen molar-refractivity contribution in [2.45, 2.75) is 20.3 Å². The van der Waals surface area contributed by atoms with Gasteiger partial charge in [-0.2, -0.15) is 12.2 Å². The Morgan fingerprint density at radius 3 is 1.36 bits per heavy atom. The van der Waals surface area contributed by atoms with Crippen molar-refractivity contribution in [2.75, 3.05) is 0 Å². The predicted octanol–water partition coefficient (Wildman–Crippen LogP) is 9.53. The molecule has 206 valence electrons. The molecule has 2 aromatic heterocycles. The summed E-state index contributed by atoms with van der Waals surface area (Å²) < 4.78 is 0. The molecule has 0 N–H and O–H groups in total. The Kier molecular flexibility index (Phi) is 7.95. The van der Waals surface area contributed by atoms with Crippen LogP contribution in [0.1, 0.15) is 48.5 Å². The van der Waals surface area contributed by atoms with E-state index in [1.54, 1.807) is 0 Å². The van der Waals surface area contributed by atoms with Gasteiger partial charge in [0.25, 0.3) is 0 Å². The fraction of sp³-hybridized carbons (Fsp3) is 0.0769. The van der Waals surface area contributed by atoms with E-state index in [0.29, 0.717) is 0 Å².